The summed E-state index contributed by atoms with van der Waals surface area (Å²) in [7, 11) is 3.17. The van der Waals surface area contributed by atoms with E-state index in [9.17, 15) is 4.79 Å². The van der Waals surface area contributed by atoms with Gasteiger partial charge in [0.25, 0.3) is 0 Å². The molecular weight excluding hydrogens is 256 g/mol. The second kappa shape index (κ2) is 7.96. The highest BCUT2D eigenvalue weighted by Crippen LogP contribution is 2.25. The first-order valence-electron chi connectivity index (χ1n) is 7.52. The molecule has 0 bridgehead atoms. The molecule has 5 heteroatoms. The molecular formula is C15H30N2O3. The van der Waals surface area contributed by atoms with Crippen LogP contribution in [0.4, 0.5) is 0 Å². The van der Waals surface area contributed by atoms with Crippen molar-refractivity contribution in [1.29, 1.82) is 0 Å². The van der Waals surface area contributed by atoms with E-state index in [0.29, 0.717) is 18.7 Å². The maximum Gasteiger partial charge on any atom is 0.325 e. The standard InChI is InChI=1S/C15H30N2O3/c1-12(2)17(10-11-19-4)9-8-15(3,14(18)20-5)16-13-6-7-13/h12-13,16H,6-11H2,1-5H3. The number of rotatable bonds is 10. The molecule has 1 rings (SSSR count). The van der Waals surface area contributed by atoms with Gasteiger partial charge >= 0.3 is 5.97 Å². The number of hydrogen-bond acceptors (Lipinski definition) is 5. The summed E-state index contributed by atoms with van der Waals surface area (Å²) in [6.07, 6.45) is 3.06. The van der Waals surface area contributed by atoms with Gasteiger partial charge in [0.1, 0.15) is 5.54 Å². The molecule has 1 N–H and O–H groups in total. The molecule has 1 saturated carbocycles. The smallest absolute Gasteiger partial charge is 0.325 e. The van der Waals surface area contributed by atoms with Gasteiger partial charge in [-0.2, -0.15) is 0 Å². The molecule has 0 aromatic rings. The Morgan fingerprint density at radius 1 is 1.35 bits per heavy atom. The predicted octanol–water partition coefficient (Wildman–Crippen LogP) is 1.42. The Hall–Kier alpha value is -0.650. The van der Waals surface area contributed by atoms with Gasteiger partial charge in [-0.25, -0.2) is 0 Å². The molecule has 20 heavy (non-hydrogen) atoms. The molecule has 0 heterocycles. The largest absolute Gasteiger partial charge is 0.468 e. The lowest BCUT2D eigenvalue weighted by molar-refractivity contribution is -0.148. The van der Waals surface area contributed by atoms with Crippen molar-refractivity contribution in [2.24, 2.45) is 0 Å². The Morgan fingerprint density at radius 2 is 2.00 bits per heavy atom. The molecule has 1 fully saturated rings. The Morgan fingerprint density at radius 3 is 2.45 bits per heavy atom. The predicted molar refractivity (Wildman–Crippen MR) is 79.8 cm³/mol. The summed E-state index contributed by atoms with van der Waals surface area (Å²) in [6.45, 7) is 8.73. The van der Waals surface area contributed by atoms with Crippen LogP contribution in [0.1, 0.15) is 40.0 Å². The Labute approximate surface area is 123 Å². The minimum absolute atomic E-state index is 0.167. The molecule has 0 radical (unpaired) electrons. The van der Waals surface area contributed by atoms with Gasteiger partial charge in [0.2, 0.25) is 0 Å². The highest BCUT2D eigenvalue weighted by atomic mass is 16.5. The number of esters is 1. The molecule has 0 saturated heterocycles. The van der Waals surface area contributed by atoms with Crippen molar-refractivity contribution >= 4 is 5.97 Å². The second-order valence-electron chi connectivity index (χ2n) is 6.11. The summed E-state index contributed by atoms with van der Waals surface area (Å²) in [5, 5.41) is 3.44. The monoisotopic (exact) mass is 286 g/mol. The third-order valence-corrected chi connectivity index (χ3v) is 3.95. The lowest BCUT2D eigenvalue weighted by Crippen LogP contribution is -2.53. The maximum absolute atomic E-state index is 12.1. The third-order valence-electron chi connectivity index (χ3n) is 3.95. The van der Waals surface area contributed by atoms with Gasteiger partial charge in [-0.3, -0.25) is 15.0 Å². The molecule has 1 atom stereocenters. The minimum Gasteiger partial charge on any atom is -0.468 e. The number of nitrogens with zero attached hydrogens (tertiary/aromatic N) is 1. The van der Waals surface area contributed by atoms with Gasteiger partial charge in [0, 0.05) is 32.3 Å². The van der Waals surface area contributed by atoms with Crippen molar-refractivity contribution in [1.82, 2.24) is 10.2 Å². The van der Waals surface area contributed by atoms with E-state index in [2.05, 4.69) is 24.1 Å². The van der Waals surface area contributed by atoms with Crippen LogP contribution in [-0.2, 0) is 14.3 Å². The summed E-state index contributed by atoms with van der Waals surface area (Å²) >= 11 is 0. The van der Waals surface area contributed by atoms with E-state index in [-0.39, 0.29) is 5.97 Å². The minimum atomic E-state index is -0.587. The van der Waals surface area contributed by atoms with Crippen molar-refractivity contribution in [3.63, 3.8) is 0 Å². The van der Waals surface area contributed by atoms with Crippen LogP contribution in [-0.4, -0.2) is 62.4 Å². The van der Waals surface area contributed by atoms with Crippen LogP contribution in [0.15, 0.2) is 0 Å². The van der Waals surface area contributed by atoms with E-state index < -0.39 is 5.54 Å². The molecule has 0 aromatic carbocycles. The van der Waals surface area contributed by atoms with Crippen LogP contribution in [0.25, 0.3) is 0 Å². The fraction of sp³-hybridized carbons (Fsp3) is 0.933. The van der Waals surface area contributed by atoms with Gasteiger partial charge < -0.3 is 9.47 Å². The van der Waals surface area contributed by atoms with Crippen LogP contribution in [0, 0.1) is 0 Å². The fourth-order valence-corrected chi connectivity index (χ4v) is 2.34. The number of carbonyl (C=O) groups excluding carboxylic acids is 1. The Kier molecular flexibility index (Phi) is 6.92. The van der Waals surface area contributed by atoms with Crippen LogP contribution in [0.3, 0.4) is 0 Å². The van der Waals surface area contributed by atoms with Crippen molar-refractivity contribution in [3.05, 3.63) is 0 Å². The Bertz CT molecular complexity index is 305. The second-order valence-corrected chi connectivity index (χ2v) is 6.11. The molecule has 0 amide bonds. The Balaban J connectivity index is 2.56. The van der Waals surface area contributed by atoms with Gasteiger partial charge in [-0.05, 0) is 40.0 Å². The first kappa shape index (κ1) is 17.4. The molecule has 0 spiro atoms. The third kappa shape index (κ3) is 5.38. The zero-order valence-electron chi connectivity index (χ0n) is 13.6. The molecule has 0 aromatic heterocycles. The van der Waals surface area contributed by atoms with Crippen molar-refractivity contribution < 1.29 is 14.3 Å². The SMILES string of the molecule is COCCN(CCC(C)(NC1CC1)C(=O)OC)C(C)C. The fourth-order valence-electron chi connectivity index (χ4n) is 2.34. The highest BCUT2D eigenvalue weighted by molar-refractivity contribution is 5.80. The van der Waals surface area contributed by atoms with E-state index in [1.807, 2.05) is 6.92 Å². The molecule has 1 aliphatic carbocycles. The van der Waals surface area contributed by atoms with Crippen LogP contribution < -0.4 is 5.32 Å². The quantitative estimate of drug-likeness (QED) is 0.616. The number of hydrogen-bond donors (Lipinski definition) is 1. The normalized spacial score (nSPS) is 18.4. The first-order valence-corrected chi connectivity index (χ1v) is 7.52. The van der Waals surface area contributed by atoms with Crippen molar-refractivity contribution in [2.45, 2.75) is 57.7 Å². The number of methoxy groups -OCH3 is 2. The summed E-state index contributed by atoms with van der Waals surface area (Å²) in [6, 6.07) is 0.915. The zero-order valence-corrected chi connectivity index (χ0v) is 13.6. The van der Waals surface area contributed by atoms with E-state index >= 15 is 0 Å². The molecule has 118 valence electrons. The average Bonchev–Trinajstić information content (AvgIpc) is 3.21. The number of nitrogens with one attached hydrogen (secondary N) is 1. The maximum atomic E-state index is 12.1. The van der Waals surface area contributed by atoms with E-state index in [1.165, 1.54) is 7.11 Å². The van der Waals surface area contributed by atoms with Crippen LogP contribution in [0.5, 0.6) is 0 Å². The lowest BCUT2D eigenvalue weighted by atomic mass is 9.97. The number of carbonyl (C=O) groups is 1. The molecule has 1 aliphatic rings. The van der Waals surface area contributed by atoms with E-state index in [0.717, 1.165) is 32.4 Å². The van der Waals surface area contributed by atoms with E-state index in [4.69, 9.17) is 9.47 Å². The van der Waals surface area contributed by atoms with Crippen LogP contribution >= 0.6 is 0 Å². The van der Waals surface area contributed by atoms with Crippen molar-refractivity contribution in [3.8, 4) is 0 Å². The highest BCUT2D eigenvalue weighted by Gasteiger charge is 2.39. The zero-order chi connectivity index (χ0) is 15.2. The number of ether oxygens (including phenoxy) is 2. The first-order chi connectivity index (χ1) is 9.42. The molecule has 0 aliphatic heterocycles. The lowest BCUT2D eigenvalue weighted by Gasteiger charge is -2.33. The van der Waals surface area contributed by atoms with E-state index in [1.54, 1.807) is 7.11 Å². The topological polar surface area (TPSA) is 50.8 Å². The van der Waals surface area contributed by atoms with Crippen LogP contribution in [0.2, 0.25) is 0 Å². The van der Waals surface area contributed by atoms with Gasteiger partial charge in [0.05, 0.1) is 13.7 Å². The molecule has 1 unspecified atom stereocenters. The summed E-state index contributed by atoms with van der Waals surface area (Å²) < 4.78 is 10.1. The van der Waals surface area contributed by atoms with Crippen molar-refractivity contribution in [2.75, 3.05) is 33.9 Å². The summed E-state index contributed by atoms with van der Waals surface area (Å²) in [5.74, 6) is -0.167. The summed E-state index contributed by atoms with van der Waals surface area (Å²) in [4.78, 5) is 14.4. The van der Waals surface area contributed by atoms with Gasteiger partial charge in [-0.1, -0.05) is 0 Å². The average molecular weight is 286 g/mol. The van der Waals surface area contributed by atoms with Gasteiger partial charge in [0.15, 0.2) is 0 Å². The molecule has 5 nitrogen and oxygen atoms in total. The van der Waals surface area contributed by atoms with Gasteiger partial charge in [-0.15, -0.1) is 0 Å². The summed E-state index contributed by atoms with van der Waals surface area (Å²) in [5.41, 5.74) is -0.587.